The molecule has 55 heavy (non-hydrogen) atoms. The first kappa shape index (κ1) is 54.9. The SMILES string of the molecule is CCCCCCCC/C=C\CCCCCCCC(=O)N(CCN(CCN)CCN)C(=O)CCCCCCC/C=C\CCCCCCCC.O=C(O)C(F)(F)F. The number of nitrogens with zero attached hydrogens (tertiary/aromatic N) is 2. The molecule has 0 spiro atoms. The van der Waals surface area contributed by atoms with Crippen LogP contribution in [0.3, 0.4) is 0 Å². The van der Waals surface area contributed by atoms with Crippen molar-refractivity contribution in [3.63, 3.8) is 0 Å². The monoisotopic (exact) mass is 789 g/mol. The Morgan fingerprint density at radius 3 is 1.07 bits per heavy atom. The number of carboxylic acids is 1. The molecule has 0 aliphatic carbocycles. The molecular weight excluding hydrogens is 706 g/mol. The number of allylic oxidation sites excluding steroid dienone is 4. The van der Waals surface area contributed by atoms with Crippen molar-refractivity contribution in [2.24, 2.45) is 11.5 Å². The lowest BCUT2D eigenvalue weighted by atomic mass is 10.1. The number of carboxylic acid groups (broad SMARTS) is 1. The zero-order chi connectivity index (χ0) is 41.3. The fourth-order valence-electron chi connectivity index (χ4n) is 6.29. The summed E-state index contributed by atoms with van der Waals surface area (Å²) in [5.74, 6) is -2.77. The van der Waals surface area contributed by atoms with Crippen LogP contribution in [0.2, 0.25) is 0 Å². The van der Waals surface area contributed by atoms with Gasteiger partial charge >= 0.3 is 12.1 Å². The number of hydrogen-bond acceptors (Lipinski definition) is 6. The van der Waals surface area contributed by atoms with Crippen LogP contribution >= 0.6 is 0 Å². The molecule has 5 N–H and O–H groups in total. The van der Waals surface area contributed by atoms with Gasteiger partial charge in [-0.15, -0.1) is 0 Å². The molecule has 0 rings (SSSR count). The third kappa shape index (κ3) is 39.8. The van der Waals surface area contributed by atoms with E-state index >= 15 is 0 Å². The van der Waals surface area contributed by atoms with Crippen molar-refractivity contribution in [2.75, 3.05) is 39.3 Å². The Morgan fingerprint density at radius 1 is 0.491 bits per heavy atom. The Balaban J connectivity index is 0. The van der Waals surface area contributed by atoms with Crippen molar-refractivity contribution in [3.05, 3.63) is 24.3 Å². The van der Waals surface area contributed by atoms with Gasteiger partial charge in [-0.2, -0.15) is 13.2 Å². The van der Waals surface area contributed by atoms with Gasteiger partial charge in [-0.1, -0.05) is 141 Å². The van der Waals surface area contributed by atoms with Gasteiger partial charge in [-0.3, -0.25) is 19.4 Å². The molecule has 0 fully saturated rings. The second kappa shape index (κ2) is 41.4. The molecule has 0 saturated carbocycles. The molecule has 0 atom stereocenters. The summed E-state index contributed by atoms with van der Waals surface area (Å²) in [4.78, 5) is 39.1. The van der Waals surface area contributed by atoms with Gasteiger partial charge in [0.1, 0.15) is 0 Å². The van der Waals surface area contributed by atoms with Gasteiger partial charge in [0.15, 0.2) is 0 Å². The molecule has 0 bridgehead atoms. The van der Waals surface area contributed by atoms with Crippen LogP contribution < -0.4 is 11.5 Å². The van der Waals surface area contributed by atoms with Gasteiger partial charge in [0.25, 0.3) is 0 Å². The minimum Gasteiger partial charge on any atom is -0.475 e. The van der Waals surface area contributed by atoms with Crippen molar-refractivity contribution in [1.82, 2.24) is 9.80 Å². The van der Waals surface area contributed by atoms with E-state index in [1.807, 2.05) is 0 Å². The topological polar surface area (TPSA) is 130 Å². The number of imide groups is 1. The summed E-state index contributed by atoms with van der Waals surface area (Å²) in [7, 11) is 0. The quantitative estimate of drug-likeness (QED) is 0.0422. The Bertz CT molecular complexity index is 888. The molecule has 324 valence electrons. The maximum absolute atomic E-state index is 13.2. The lowest BCUT2D eigenvalue weighted by Gasteiger charge is -2.26. The first-order chi connectivity index (χ1) is 26.5. The first-order valence-electron chi connectivity index (χ1n) is 22.1. The highest BCUT2D eigenvalue weighted by Gasteiger charge is 2.38. The summed E-state index contributed by atoms with van der Waals surface area (Å²) in [6, 6.07) is 0. The van der Waals surface area contributed by atoms with E-state index in [1.165, 1.54) is 116 Å². The highest BCUT2D eigenvalue weighted by Crippen LogP contribution is 2.15. The van der Waals surface area contributed by atoms with E-state index in [-0.39, 0.29) is 11.8 Å². The minimum absolute atomic E-state index is 0.00850. The molecule has 0 aliphatic rings. The van der Waals surface area contributed by atoms with Crippen molar-refractivity contribution >= 4 is 17.8 Å². The lowest BCUT2D eigenvalue weighted by Crippen LogP contribution is -2.44. The predicted octanol–water partition coefficient (Wildman–Crippen LogP) is 11.3. The van der Waals surface area contributed by atoms with Crippen molar-refractivity contribution in [2.45, 2.75) is 200 Å². The number of unbranched alkanes of at least 4 members (excludes halogenated alkanes) is 22. The molecule has 0 aromatic heterocycles. The van der Waals surface area contributed by atoms with Crippen LogP contribution in [0.5, 0.6) is 0 Å². The van der Waals surface area contributed by atoms with Crippen molar-refractivity contribution in [3.8, 4) is 0 Å². The zero-order valence-electron chi connectivity index (χ0n) is 35.2. The van der Waals surface area contributed by atoms with Crippen LogP contribution in [-0.4, -0.2) is 78.1 Å². The van der Waals surface area contributed by atoms with E-state index in [0.29, 0.717) is 39.0 Å². The summed E-state index contributed by atoms with van der Waals surface area (Å²) in [6.07, 6.45) is 37.3. The highest BCUT2D eigenvalue weighted by molar-refractivity contribution is 5.95. The third-order valence-corrected chi connectivity index (χ3v) is 9.68. The van der Waals surface area contributed by atoms with Gasteiger partial charge < -0.3 is 16.6 Å². The van der Waals surface area contributed by atoms with E-state index in [2.05, 4.69) is 43.1 Å². The number of amides is 2. The zero-order valence-corrected chi connectivity index (χ0v) is 35.2. The molecule has 0 aromatic carbocycles. The van der Waals surface area contributed by atoms with E-state index in [1.54, 1.807) is 4.90 Å². The normalized spacial score (nSPS) is 11.8. The van der Waals surface area contributed by atoms with E-state index < -0.39 is 12.1 Å². The molecule has 0 unspecified atom stereocenters. The molecule has 2 amide bonds. The molecule has 0 saturated heterocycles. The number of nitrogens with two attached hydrogens (primary N) is 2. The average Bonchev–Trinajstić information content (AvgIpc) is 3.14. The molecule has 0 aliphatic heterocycles. The van der Waals surface area contributed by atoms with Gasteiger partial charge in [0.05, 0.1) is 0 Å². The molecule has 0 radical (unpaired) electrons. The number of rotatable bonds is 37. The number of carbonyl (C=O) groups is 3. The van der Waals surface area contributed by atoms with Gasteiger partial charge in [0.2, 0.25) is 11.8 Å². The highest BCUT2D eigenvalue weighted by atomic mass is 19.4. The van der Waals surface area contributed by atoms with Crippen LogP contribution in [0.15, 0.2) is 24.3 Å². The third-order valence-electron chi connectivity index (χ3n) is 9.68. The van der Waals surface area contributed by atoms with Crippen LogP contribution in [0.25, 0.3) is 0 Å². The summed E-state index contributed by atoms with van der Waals surface area (Å²) >= 11 is 0. The summed E-state index contributed by atoms with van der Waals surface area (Å²) in [5, 5.41) is 7.12. The standard InChI is InChI=1S/C42H82N4O2.C2HF3O2/c1-3-5-7-9-11-13-15-17-19-21-23-25-27-29-31-33-41(47)46(40-39-45(37-35-43)38-36-44)42(48)34-32-30-28-26-24-22-20-18-16-14-12-10-8-6-4-2;3-2(4,5)1(6)7/h17-20H,3-16,21-40,43-44H2,1-2H3;(H,6,7)/b19-17-,20-18-;. The number of hydrogen-bond donors (Lipinski definition) is 3. The molecular formula is C44H83F3N4O4. The Hall–Kier alpha value is -2.24. The summed E-state index contributed by atoms with van der Waals surface area (Å²) in [5.41, 5.74) is 11.6. The maximum Gasteiger partial charge on any atom is 0.490 e. The Morgan fingerprint density at radius 2 is 0.782 bits per heavy atom. The Kier molecular flexibility index (Phi) is 41.3. The van der Waals surface area contributed by atoms with Crippen LogP contribution in [0.1, 0.15) is 194 Å². The maximum atomic E-state index is 13.2. The predicted molar refractivity (Wildman–Crippen MR) is 224 cm³/mol. The smallest absolute Gasteiger partial charge is 0.475 e. The van der Waals surface area contributed by atoms with Gasteiger partial charge in [-0.05, 0) is 64.2 Å². The van der Waals surface area contributed by atoms with Crippen LogP contribution in [0, 0.1) is 0 Å². The van der Waals surface area contributed by atoms with E-state index in [0.717, 1.165) is 64.5 Å². The fraction of sp³-hybridized carbons (Fsp3) is 0.841. The van der Waals surface area contributed by atoms with E-state index in [9.17, 15) is 22.8 Å². The van der Waals surface area contributed by atoms with E-state index in [4.69, 9.17) is 21.4 Å². The first-order valence-corrected chi connectivity index (χ1v) is 22.1. The number of aliphatic carboxylic acids is 1. The minimum atomic E-state index is -5.08. The van der Waals surface area contributed by atoms with Gasteiger partial charge in [0, 0.05) is 52.1 Å². The van der Waals surface area contributed by atoms with Crippen LogP contribution in [-0.2, 0) is 14.4 Å². The van der Waals surface area contributed by atoms with Crippen LogP contribution in [0.4, 0.5) is 13.2 Å². The fourth-order valence-corrected chi connectivity index (χ4v) is 6.29. The largest absolute Gasteiger partial charge is 0.490 e. The van der Waals surface area contributed by atoms with Crippen molar-refractivity contribution < 1.29 is 32.7 Å². The van der Waals surface area contributed by atoms with Gasteiger partial charge in [-0.25, -0.2) is 4.79 Å². The number of halogens is 3. The molecule has 8 nitrogen and oxygen atoms in total. The molecule has 0 aromatic rings. The number of alkyl halides is 3. The second-order valence-electron chi connectivity index (χ2n) is 14.8. The average molecular weight is 789 g/mol. The second-order valence-corrected chi connectivity index (χ2v) is 14.8. The lowest BCUT2D eigenvalue weighted by molar-refractivity contribution is -0.192. The molecule has 11 heteroatoms. The number of carbonyl (C=O) groups excluding carboxylic acids is 2. The Labute approximate surface area is 334 Å². The van der Waals surface area contributed by atoms with Crippen molar-refractivity contribution in [1.29, 1.82) is 0 Å². The summed E-state index contributed by atoms with van der Waals surface area (Å²) in [6.45, 7) is 8.18. The summed E-state index contributed by atoms with van der Waals surface area (Å²) < 4.78 is 31.7. The molecule has 0 heterocycles.